The summed E-state index contributed by atoms with van der Waals surface area (Å²) in [7, 11) is 6.36. The Morgan fingerprint density at radius 1 is 0.390 bits per heavy atom. The van der Waals surface area contributed by atoms with Gasteiger partial charge < -0.3 is 54.0 Å². The van der Waals surface area contributed by atoms with Gasteiger partial charge in [-0.05, 0) is 165 Å². The maximum Gasteiger partial charge on any atom is 0.450 e. The molecule has 8 aromatic rings. The predicted octanol–water partition coefficient (Wildman–Crippen LogP) is 22.1. The lowest BCUT2D eigenvalue weighted by atomic mass is 9.72. The standard InChI is InChI=1S/C21H24F4O3.C21H22F4O3.C21H24F4O2.C13H14F4O2.C8H8O.2C4H8O.CH4O/c2*1-19(2,16-11-15(22)9-10-18(16)28-3)13-20(27,21(23,24)25)12-17(26)14-7-5-4-6-8-14;1-19(2,17-13-16(22)9-10-18(17)27-3)14-20(26,21(23,24)25)12-11-15-7-5-4-6-8-15;1-12(2,7-11(18)13(15,16)17)9-6-8(14)4-5-10(9)19-3;1-7(9)8-5-3-2-4-6-8;2*1-2-4-5-3-1;1-2/h4-11,17,26-27H,12-13H2,1-3H3;4-11,27H,12-13H2,1-3H3;4-10,13,26H,11-12,14H2,1-3H3;4-6H,7H2,1-3H3;2-6H,1H3;2*1-4H2;2H,1H3. The van der Waals surface area contributed by atoms with Crippen molar-refractivity contribution in [3.63, 3.8) is 0 Å². The number of benzene rings is 8. The number of halogens is 16. The molecule has 0 bridgehead atoms. The summed E-state index contributed by atoms with van der Waals surface area (Å²) in [6.07, 6.45) is -21.7. The van der Waals surface area contributed by atoms with Crippen molar-refractivity contribution in [1.82, 2.24) is 0 Å². The van der Waals surface area contributed by atoms with Crippen LogP contribution in [0.25, 0.3) is 0 Å². The first-order chi connectivity index (χ1) is 57.2. The van der Waals surface area contributed by atoms with Gasteiger partial charge in [0.05, 0.1) is 34.5 Å². The summed E-state index contributed by atoms with van der Waals surface area (Å²) in [5.74, 6) is -4.02. The van der Waals surface area contributed by atoms with E-state index in [0.717, 1.165) is 81.6 Å². The van der Waals surface area contributed by atoms with E-state index in [1.807, 2.05) is 30.3 Å². The topological polar surface area (TPSA) is 208 Å². The summed E-state index contributed by atoms with van der Waals surface area (Å²) in [6.45, 7) is 17.3. The Morgan fingerprint density at radius 2 is 0.683 bits per heavy atom. The zero-order valence-electron chi connectivity index (χ0n) is 71.3. The summed E-state index contributed by atoms with van der Waals surface area (Å²) in [6, 6.07) is 47.6. The molecule has 123 heavy (non-hydrogen) atoms. The number of methoxy groups -OCH3 is 4. The van der Waals surface area contributed by atoms with E-state index in [2.05, 4.69) is 0 Å². The number of ether oxygens (including phenoxy) is 6. The molecule has 0 spiro atoms. The maximum atomic E-state index is 13.8. The average molecular weight is 1760 g/mol. The van der Waals surface area contributed by atoms with E-state index in [1.54, 1.807) is 75.4 Å². The third-order valence-electron chi connectivity index (χ3n) is 20.0. The molecule has 14 nitrogen and oxygen atoms in total. The number of hydrogen-bond acceptors (Lipinski definition) is 14. The van der Waals surface area contributed by atoms with Crippen LogP contribution < -0.4 is 18.9 Å². The van der Waals surface area contributed by atoms with Crippen LogP contribution in [0, 0.1) is 23.3 Å². The van der Waals surface area contributed by atoms with Gasteiger partial charge in [-0.15, -0.1) is 0 Å². The summed E-state index contributed by atoms with van der Waals surface area (Å²) < 4.78 is 246. The highest BCUT2D eigenvalue weighted by Crippen LogP contribution is 2.50. The molecular formula is C93H112F16O14. The fourth-order valence-corrected chi connectivity index (χ4v) is 13.6. The van der Waals surface area contributed by atoms with Crippen molar-refractivity contribution < 1.29 is 139 Å². The van der Waals surface area contributed by atoms with Crippen LogP contribution in [0.5, 0.6) is 23.0 Å². The Morgan fingerprint density at radius 3 is 0.967 bits per heavy atom. The second-order valence-electron chi connectivity index (χ2n) is 31.8. The first-order valence-corrected chi connectivity index (χ1v) is 39.0. The van der Waals surface area contributed by atoms with Gasteiger partial charge >= 0.3 is 24.7 Å². The van der Waals surface area contributed by atoms with E-state index in [9.17, 15) is 105 Å². The van der Waals surface area contributed by atoms with Crippen LogP contribution >= 0.6 is 0 Å². The van der Waals surface area contributed by atoms with Crippen LogP contribution in [-0.4, -0.2) is 146 Å². The van der Waals surface area contributed by atoms with Gasteiger partial charge in [0.25, 0.3) is 0 Å². The van der Waals surface area contributed by atoms with Crippen molar-refractivity contribution in [3.8, 4) is 23.0 Å². The van der Waals surface area contributed by atoms with E-state index in [0.29, 0.717) is 5.56 Å². The van der Waals surface area contributed by atoms with Gasteiger partial charge in [-0.3, -0.25) is 14.4 Å². The Bertz CT molecular complexity index is 4450. The molecule has 8 aromatic carbocycles. The first kappa shape index (κ1) is 108. The van der Waals surface area contributed by atoms with Crippen molar-refractivity contribution in [1.29, 1.82) is 0 Å². The molecule has 30 heteroatoms. The highest BCUT2D eigenvalue weighted by Gasteiger charge is 2.59. The Balaban J connectivity index is 0.000000393. The second-order valence-corrected chi connectivity index (χ2v) is 31.8. The third-order valence-corrected chi connectivity index (χ3v) is 20.0. The number of hydrogen-bond donors (Lipinski definition) is 5. The number of ketones is 3. The number of aliphatic hydroxyl groups excluding tert-OH is 2. The monoisotopic (exact) mass is 1760 g/mol. The van der Waals surface area contributed by atoms with Crippen LogP contribution in [0.1, 0.15) is 193 Å². The zero-order valence-corrected chi connectivity index (χ0v) is 71.3. The van der Waals surface area contributed by atoms with Crippen LogP contribution in [-0.2, 0) is 42.3 Å². The molecule has 4 unspecified atom stereocenters. The Hall–Kier alpha value is -9.43. The Kier molecular flexibility index (Phi) is 42.2. The van der Waals surface area contributed by atoms with E-state index >= 15 is 0 Å². The molecule has 5 N–H and O–H groups in total. The van der Waals surface area contributed by atoms with Gasteiger partial charge in [0.1, 0.15) is 46.3 Å². The highest BCUT2D eigenvalue weighted by atomic mass is 19.4. The lowest BCUT2D eigenvalue weighted by Crippen LogP contribution is -2.50. The van der Waals surface area contributed by atoms with Gasteiger partial charge in [-0.2, -0.15) is 52.7 Å². The normalized spacial score (nSPS) is 14.7. The van der Waals surface area contributed by atoms with Crippen LogP contribution in [0.3, 0.4) is 0 Å². The van der Waals surface area contributed by atoms with Gasteiger partial charge in [0.2, 0.25) is 5.78 Å². The van der Waals surface area contributed by atoms with Crippen LogP contribution in [0.15, 0.2) is 194 Å². The minimum atomic E-state index is -5.06. The highest BCUT2D eigenvalue weighted by molar-refractivity contribution is 5.96. The summed E-state index contributed by atoms with van der Waals surface area (Å²) in [5, 5.41) is 49.0. The number of aryl methyl sites for hydroxylation is 1. The molecule has 0 radical (unpaired) electrons. The lowest BCUT2D eigenvalue weighted by molar-refractivity contribution is -0.275. The van der Waals surface area contributed by atoms with Crippen molar-refractivity contribution >= 4 is 17.3 Å². The SMILES string of the molecule is C1CCOC1.C1CCOC1.CC(=O)c1ccccc1.CO.COc1ccc(F)cc1C(C)(C)CC(=O)C(F)(F)F.COc1ccc(F)cc1C(C)(C)CC(O)(CC(=O)c1ccccc1)C(F)(F)F.COc1ccc(F)cc1C(C)(C)CC(O)(CC(O)c1ccccc1)C(F)(F)F.COc1ccc(F)cc1C(C)(C)CC(O)(CCc1ccccc1)C(F)(F)F. The minimum absolute atomic E-state index is 0.0753. The van der Waals surface area contributed by atoms with Gasteiger partial charge in [0, 0.05) is 91.6 Å². The molecule has 2 fully saturated rings. The zero-order chi connectivity index (χ0) is 93.2. The average Bonchev–Trinajstić information content (AvgIpc) is 1.03. The molecule has 2 heterocycles. The number of aliphatic hydroxyl groups is 5. The summed E-state index contributed by atoms with van der Waals surface area (Å²) in [5.41, 5.74) is -11.7. The quantitative estimate of drug-likeness (QED) is 0.0253. The van der Waals surface area contributed by atoms with E-state index in [1.165, 1.54) is 162 Å². The van der Waals surface area contributed by atoms with Gasteiger partial charge in [-0.25, -0.2) is 17.6 Å². The fourth-order valence-electron chi connectivity index (χ4n) is 13.6. The molecule has 0 aromatic heterocycles. The van der Waals surface area contributed by atoms with Crippen molar-refractivity contribution in [2.75, 3.05) is 62.0 Å². The van der Waals surface area contributed by atoms with Gasteiger partial charge in [-0.1, -0.05) is 177 Å². The molecule has 680 valence electrons. The number of alkyl halides is 12. The fraction of sp³-hybridized carbons (Fsp3) is 0.452. The van der Waals surface area contributed by atoms with Crippen LogP contribution in [0.2, 0.25) is 0 Å². The lowest BCUT2D eigenvalue weighted by Gasteiger charge is -2.39. The molecule has 0 saturated carbocycles. The second kappa shape index (κ2) is 48.2. The molecule has 2 saturated heterocycles. The first-order valence-electron chi connectivity index (χ1n) is 39.0. The number of carbonyl (C=O) groups excluding carboxylic acids is 3. The van der Waals surface area contributed by atoms with Crippen molar-refractivity contribution in [3.05, 3.63) is 262 Å². The van der Waals surface area contributed by atoms with E-state index in [-0.39, 0.29) is 68.6 Å². The van der Waals surface area contributed by atoms with Crippen molar-refractivity contribution in [2.45, 2.75) is 209 Å². The van der Waals surface area contributed by atoms with Gasteiger partial charge in [0.15, 0.2) is 28.4 Å². The van der Waals surface area contributed by atoms with E-state index in [4.69, 9.17) is 33.5 Å². The number of carbonyl (C=O) groups is 3. The third kappa shape index (κ3) is 34.2. The number of rotatable bonds is 26. The van der Waals surface area contributed by atoms with E-state index < -0.39 is 149 Å². The molecule has 2 aliphatic heterocycles. The Labute approximate surface area is 708 Å². The molecule has 0 amide bonds. The predicted molar refractivity (Wildman–Crippen MR) is 437 cm³/mol. The smallest absolute Gasteiger partial charge is 0.450 e. The molecule has 4 atom stereocenters. The minimum Gasteiger partial charge on any atom is -0.496 e. The van der Waals surface area contributed by atoms with Crippen LogP contribution in [0.4, 0.5) is 70.2 Å². The number of Topliss-reactive ketones (excluding diaryl/α,β-unsaturated/α-hetero) is 3. The molecule has 0 aliphatic carbocycles. The largest absolute Gasteiger partial charge is 0.496 e. The molecular weight excluding hydrogens is 1640 g/mol. The summed E-state index contributed by atoms with van der Waals surface area (Å²) >= 11 is 0. The molecule has 2 aliphatic rings. The molecule has 10 rings (SSSR count). The maximum absolute atomic E-state index is 13.8. The summed E-state index contributed by atoms with van der Waals surface area (Å²) in [4.78, 5) is 34.1. The van der Waals surface area contributed by atoms with Crippen molar-refractivity contribution in [2.24, 2.45) is 0 Å².